The highest BCUT2D eigenvalue weighted by molar-refractivity contribution is 6.14. The van der Waals surface area contributed by atoms with E-state index in [0.29, 0.717) is 11.8 Å². The second-order valence-corrected chi connectivity index (χ2v) is 13.9. The van der Waals surface area contributed by atoms with Crippen LogP contribution in [0.4, 0.5) is 0 Å². The zero-order valence-electron chi connectivity index (χ0n) is 30.2. The lowest BCUT2D eigenvalue weighted by Crippen LogP contribution is -2.04. The molecule has 0 aliphatic carbocycles. The van der Waals surface area contributed by atoms with Crippen molar-refractivity contribution in [2.45, 2.75) is 0 Å². The molecule has 0 unspecified atom stereocenters. The monoisotopic (exact) mass is 716 g/mol. The standard InChI is InChI=1S/C50H32N6/c1-5-17-33(18-6-1)41-32-42(34-19-7-2-8-20-34)52-50(51-41)56-43-27-15-13-25-38(43)40-31-36(29-30-45(40)56)48-53-47(35-21-9-3-10-22-35)46-39-26-14-16-28-44(39)55(49(46)54-48)37-23-11-4-12-24-37/h1-32H. The SMILES string of the molecule is c1ccc(-c2cc(-c3ccccc3)nc(-n3c4ccccc4c4cc(-c5nc(-c6ccccc6)c6c7ccccc7n(-c7ccccc7)c6n5)ccc43)n2)cc1. The number of fused-ring (bicyclic) bond motifs is 6. The molecule has 0 radical (unpaired) electrons. The first-order valence-corrected chi connectivity index (χ1v) is 18.7. The van der Waals surface area contributed by atoms with E-state index in [4.69, 9.17) is 19.9 Å². The predicted octanol–water partition coefficient (Wildman–Crippen LogP) is 12.1. The number of aromatic nitrogens is 6. The molecule has 4 aromatic heterocycles. The number of para-hydroxylation sites is 3. The van der Waals surface area contributed by atoms with Crippen LogP contribution in [0.2, 0.25) is 0 Å². The van der Waals surface area contributed by atoms with Crippen LogP contribution in [0.5, 0.6) is 0 Å². The van der Waals surface area contributed by atoms with Crippen molar-refractivity contribution in [3.8, 4) is 56.8 Å². The van der Waals surface area contributed by atoms with Gasteiger partial charge in [-0.25, -0.2) is 19.9 Å². The van der Waals surface area contributed by atoms with Gasteiger partial charge in [0.2, 0.25) is 5.95 Å². The maximum Gasteiger partial charge on any atom is 0.235 e. The largest absolute Gasteiger partial charge is 0.294 e. The summed E-state index contributed by atoms with van der Waals surface area (Å²) in [6, 6.07) is 67.1. The molecule has 0 atom stereocenters. The van der Waals surface area contributed by atoms with Crippen molar-refractivity contribution >= 4 is 43.7 Å². The molecule has 0 saturated heterocycles. The number of hydrogen-bond acceptors (Lipinski definition) is 4. The summed E-state index contributed by atoms with van der Waals surface area (Å²) in [7, 11) is 0. The van der Waals surface area contributed by atoms with E-state index in [1.54, 1.807) is 0 Å². The molecule has 7 aromatic carbocycles. The van der Waals surface area contributed by atoms with E-state index >= 15 is 0 Å². The number of rotatable bonds is 6. The molecule has 0 aliphatic rings. The summed E-state index contributed by atoms with van der Waals surface area (Å²) >= 11 is 0. The van der Waals surface area contributed by atoms with Gasteiger partial charge in [0.05, 0.1) is 39.0 Å². The van der Waals surface area contributed by atoms with Gasteiger partial charge in [-0.3, -0.25) is 9.13 Å². The molecule has 0 aliphatic heterocycles. The van der Waals surface area contributed by atoms with Crippen LogP contribution in [-0.2, 0) is 0 Å². The summed E-state index contributed by atoms with van der Waals surface area (Å²) in [4.78, 5) is 21.2. The van der Waals surface area contributed by atoms with Gasteiger partial charge in [-0.15, -0.1) is 0 Å². The highest BCUT2D eigenvalue weighted by Crippen LogP contribution is 2.40. The number of nitrogens with zero attached hydrogens (tertiary/aromatic N) is 6. The van der Waals surface area contributed by atoms with Crippen LogP contribution in [0.1, 0.15) is 0 Å². The highest BCUT2D eigenvalue weighted by atomic mass is 15.2. The Hall–Kier alpha value is -7.70. The second kappa shape index (κ2) is 13.0. The van der Waals surface area contributed by atoms with Crippen LogP contribution >= 0.6 is 0 Å². The van der Waals surface area contributed by atoms with Crippen molar-refractivity contribution in [2.75, 3.05) is 0 Å². The minimum absolute atomic E-state index is 0.612. The average molecular weight is 717 g/mol. The second-order valence-electron chi connectivity index (χ2n) is 13.9. The van der Waals surface area contributed by atoms with Crippen LogP contribution in [0.25, 0.3) is 101 Å². The third-order valence-electron chi connectivity index (χ3n) is 10.6. The number of benzene rings is 7. The summed E-state index contributed by atoms with van der Waals surface area (Å²) in [6.45, 7) is 0. The van der Waals surface area contributed by atoms with Crippen molar-refractivity contribution in [2.24, 2.45) is 0 Å². The molecule has 0 bridgehead atoms. The van der Waals surface area contributed by atoms with Crippen LogP contribution in [0, 0.1) is 0 Å². The third kappa shape index (κ3) is 5.19. The summed E-state index contributed by atoms with van der Waals surface area (Å²) in [6.07, 6.45) is 0. The molecular weight excluding hydrogens is 685 g/mol. The lowest BCUT2D eigenvalue weighted by molar-refractivity contribution is 0.995. The minimum Gasteiger partial charge on any atom is -0.294 e. The predicted molar refractivity (Wildman–Crippen MR) is 228 cm³/mol. The Morgan fingerprint density at radius 3 is 1.50 bits per heavy atom. The Labute approximate surface area is 322 Å². The third-order valence-corrected chi connectivity index (χ3v) is 10.6. The Kier molecular flexibility index (Phi) is 7.38. The maximum absolute atomic E-state index is 5.41. The molecule has 0 spiro atoms. The molecular formula is C50H32N6. The van der Waals surface area contributed by atoms with Gasteiger partial charge in [-0.05, 0) is 48.5 Å². The van der Waals surface area contributed by atoms with Crippen LogP contribution < -0.4 is 0 Å². The fraction of sp³-hybridized carbons (Fsp3) is 0. The first kappa shape index (κ1) is 31.8. The van der Waals surface area contributed by atoms with Crippen molar-refractivity contribution in [3.63, 3.8) is 0 Å². The van der Waals surface area contributed by atoms with Gasteiger partial charge in [0.1, 0.15) is 5.65 Å². The van der Waals surface area contributed by atoms with Crippen LogP contribution in [0.3, 0.4) is 0 Å². The average Bonchev–Trinajstić information content (AvgIpc) is 3.80. The molecule has 0 fully saturated rings. The Morgan fingerprint density at radius 1 is 0.339 bits per heavy atom. The van der Waals surface area contributed by atoms with Crippen molar-refractivity contribution in [3.05, 3.63) is 194 Å². The van der Waals surface area contributed by atoms with E-state index in [0.717, 1.165) is 88.8 Å². The molecule has 4 heterocycles. The summed E-state index contributed by atoms with van der Waals surface area (Å²) in [5.41, 5.74) is 11.7. The lowest BCUT2D eigenvalue weighted by Gasteiger charge is -2.12. The van der Waals surface area contributed by atoms with Gasteiger partial charge in [-0.2, -0.15) is 0 Å². The summed E-state index contributed by atoms with van der Waals surface area (Å²) in [5, 5.41) is 4.31. The molecule has 6 heteroatoms. The Morgan fingerprint density at radius 2 is 0.857 bits per heavy atom. The van der Waals surface area contributed by atoms with E-state index in [1.807, 2.05) is 48.5 Å². The topological polar surface area (TPSA) is 61.4 Å². The van der Waals surface area contributed by atoms with Crippen molar-refractivity contribution in [1.29, 1.82) is 0 Å². The molecule has 11 aromatic rings. The van der Waals surface area contributed by atoms with E-state index in [1.165, 1.54) is 0 Å². The van der Waals surface area contributed by atoms with E-state index in [9.17, 15) is 0 Å². The molecule has 0 N–H and O–H groups in total. The van der Waals surface area contributed by atoms with E-state index < -0.39 is 0 Å². The molecule has 262 valence electrons. The van der Waals surface area contributed by atoms with Gasteiger partial charge >= 0.3 is 0 Å². The molecule has 6 nitrogen and oxygen atoms in total. The molecule has 0 amide bonds. The summed E-state index contributed by atoms with van der Waals surface area (Å²) in [5.74, 6) is 1.27. The van der Waals surface area contributed by atoms with Gasteiger partial charge in [0, 0.05) is 44.1 Å². The zero-order valence-corrected chi connectivity index (χ0v) is 30.2. The summed E-state index contributed by atoms with van der Waals surface area (Å²) < 4.78 is 4.44. The van der Waals surface area contributed by atoms with Crippen molar-refractivity contribution in [1.82, 2.24) is 29.1 Å². The Balaban J connectivity index is 1.17. The Bertz CT molecular complexity index is 3170. The van der Waals surface area contributed by atoms with Crippen LogP contribution in [-0.4, -0.2) is 29.1 Å². The highest BCUT2D eigenvalue weighted by Gasteiger charge is 2.22. The maximum atomic E-state index is 5.41. The van der Waals surface area contributed by atoms with Gasteiger partial charge < -0.3 is 0 Å². The van der Waals surface area contributed by atoms with Gasteiger partial charge in [-0.1, -0.05) is 146 Å². The van der Waals surface area contributed by atoms with Crippen LogP contribution in [0.15, 0.2) is 194 Å². The zero-order chi connectivity index (χ0) is 37.0. The normalized spacial score (nSPS) is 11.6. The van der Waals surface area contributed by atoms with E-state index in [-0.39, 0.29) is 0 Å². The van der Waals surface area contributed by atoms with E-state index in [2.05, 4.69) is 155 Å². The minimum atomic E-state index is 0.612. The fourth-order valence-corrected chi connectivity index (χ4v) is 8.00. The smallest absolute Gasteiger partial charge is 0.235 e. The number of hydrogen-bond donors (Lipinski definition) is 0. The van der Waals surface area contributed by atoms with Gasteiger partial charge in [0.25, 0.3) is 0 Å². The fourth-order valence-electron chi connectivity index (χ4n) is 8.00. The van der Waals surface area contributed by atoms with Gasteiger partial charge in [0.15, 0.2) is 5.82 Å². The first-order valence-electron chi connectivity index (χ1n) is 18.7. The molecule has 0 saturated carbocycles. The molecule has 11 rings (SSSR count). The van der Waals surface area contributed by atoms with Crippen molar-refractivity contribution < 1.29 is 0 Å². The quantitative estimate of drug-likeness (QED) is 0.172. The lowest BCUT2D eigenvalue weighted by atomic mass is 10.0. The first-order chi connectivity index (χ1) is 27.8. The molecule has 56 heavy (non-hydrogen) atoms.